The third-order valence-electron chi connectivity index (χ3n) is 4.66. The first-order valence-corrected chi connectivity index (χ1v) is 9.32. The van der Waals surface area contributed by atoms with Crippen molar-refractivity contribution < 1.29 is 4.39 Å². The summed E-state index contributed by atoms with van der Waals surface area (Å²) in [6, 6.07) is 7.68. The van der Waals surface area contributed by atoms with Crippen LogP contribution in [0, 0.1) is 12.7 Å². The number of fused-ring (bicyclic) bond motifs is 1. The van der Waals surface area contributed by atoms with Crippen molar-refractivity contribution in [2.24, 2.45) is 0 Å². The number of nitrogens with zero attached hydrogens (tertiary/aromatic N) is 3. The number of nitrogens with one attached hydrogen (secondary N) is 2. The molecular formula is C21H17ClFN5O. The second-order valence-corrected chi connectivity index (χ2v) is 7.16. The number of rotatable bonds is 4. The van der Waals surface area contributed by atoms with E-state index < -0.39 is 11.9 Å². The van der Waals surface area contributed by atoms with Crippen LogP contribution in [0.4, 0.5) is 10.3 Å². The Morgan fingerprint density at radius 3 is 2.83 bits per heavy atom. The molecular weight excluding hydrogens is 393 g/mol. The maximum Gasteiger partial charge on any atom is 0.253 e. The van der Waals surface area contributed by atoms with Gasteiger partial charge >= 0.3 is 0 Å². The lowest BCUT2D eigenvalue weighted by atomic mass is 10.1. The van der Waals surface area contributed by atoms with Crippen molar-refractivity contribution in [1.82, 2.24) is 19.9 Å². The molecule has 0 spiro atoms. The van der Waals surface area contributed by atoms with Crippen LogP contribution in [-0.2, 0) is 0 Å². The molecule has 0 aliphatic rings. The van der Waals surface area contributed by atoms with Crippen LogP contribution in [0.5, 0.6) is 0 Å². The Bertz CT molecular complexity index is 1270. The molecule has 0 bridgehead atoms. The number of halogens is 2. The standard InChI is InChI=1S/C21H17ClFN5O/c1-11-10-24-5-3-15(11)18-4-6-25-21(27-18)26-12(2)16-8-13-7-14(22)9-17(23)19(13)28-20(16)29/h3-10,12H,1-2H3,(H,28,29)(H,25,26,27)/t12-/m0/s1. The lowest BCUT2D eigenvalue weighted by molar-refractivity contribution is 0.636. The molecule has 0 saturated heterocycles. The Balaban J connectivity index is 1.67. The molecule has 1 aromatic carbocycles. The van der Waals surface area contributed by atoms with Gasteiger partial charge in [0.1, 0.15) is 5.82 Å². The van der Waals surface area contributed by atoms with Gasteiger partial charge in [-0.15, -0.1) is 0 Å². The highest BCUT2D eigenvalue weighted by molar-refractivity contribution is 6.31. The van der Waals surface area contributed by atoms with Crippen molar-refractivity contribution in [2.45, 2.75) is 19.9 Å². The number of hydrogen-bond acceptors (Lipinski definition) is 5. The van der Waals surface area contributed by atoms with Gasteiger partial charge in [0, 0.05) is 40.1 Å². The summed E-state index contributed by atoms with van der Waals surface area (Å²) in [6.45, 7) is 3.77. The van der Waals surface area contributed by atoms with E-state index in [1.54, 1.807) is 30.7 Å². The first-order chi connectivity index (χ1) is 13.9. The Labute approximate surface area is 170 Å². The molecule has 3 aromatic heterocycles. The Hall–Kier alpha value is -3.32. The minimum Gasteiger partial charge on any atom is -0.347 e. The fraction of sp³-hybridized carbons (Fsp3) is 0.143. The SMILES string of the molecule is Cc1cnccc1-c1ccnc(N[C@@H](C)c2cc3cc(Cl)cc(F)c3[nH]c2=O)n1. The van der Waals surface area contributed by atoms with Crippen molar-refractivity contribution in [2.75, 3.05) is 5.32 Å². The predicted octanol–water partition coefficient (Wildman–Crippen LogP) is 4.65. The van der Waals surface area contributed by atoms with E-state index in [1.807, 2.05) is 26.0 Å². The number of anilines is 1. The van der Waals surface area contributed by atoms with Gasteiger partial charge in [0.05, 0.1) is 17.3 Å². The number of aryl methyl sites for hydroxylation is 1. The largest absolute Gasteiger partial charge is 0.347 e. The van der Waals surface area contributed by atoms with E-state index in [4.69, 9.17) is 11.6 Å². The van der Waals surface area contributed by atoms with Gasteiger partial charge in [-0.1, -0.05) is 11.6 Å². The molecule has 0 fully saturated rings. The molecule has 0 amide bonds. The average Bonchev–Trinajstić information content (AvgIpc) is 2.68. The van der Waals surface area contributed by atoms with Crippen LogP contribution < -0.4 is 10.9 Å². The smallest absolute Gasteiger partial charge is 0.253 e. The highest BCUT2D eigenvalue weighted by atomic mass is 35.5. The van der Waals surface area contributed by atoms with E-state index in [0.717, 1.165) is 16.8 Å². The van der Waals surface area contributed by atoms with Gasteiger partial charge in [-0.05, 0) is 49.7 Å². The van der Waals surface area contributed by atoms with Crippen molar-refractivity contribution in [3.05, 3.63) is 81.2 Å². The van der Waals surface area contributed by atoms with Crippen LogP contribution in [-0.4, -0.2) is 19.9 Å². The molecule has 6 nitrogen and oxygen atoms in total. The second-order valence-electron chi connectivity index (χ2n) is 6.73. The molecule has 146 valence electrons. The number of pyridine rings is 2. The van der Waals surface area contributed by atoms with E-state index in [1.165, 1.54) is 6.07 Å². The highest BCUT2D eigenvalue weighted by Gasteiger charge is 2.15. The molecule has 0 aliphatic carbocycles. The summed E-state index contributed by atoms with van der Waals surface area (Å²) in [5, 5.41) is 3.91. The molecule has 1 atom stereocenters. The minimum atomic E-state index is -0.569. The number of hydrogen-bond donors (Lipinski definition) is 2. The third kappa shape index (κ3) is 3.82. The second kappa shape index (κ2) is 7.60. The van der Waals surface area contributed by atoms with E-state index in [2.05, 4.69) is 25.3 Å². The van der Waals surface area contributed by atoms with Crippen molar-refractivity contribution >= 4 is 28.5 Å². The van der Waals surface area contributed by atoms with E-state index in [-0.39, 0.29) is 16.1 Å². The predicted molar refractivity (Wildman–Crippen MR) is 112 cm³/mol. The number of aromatic nitrogens is 4. The van der Waals surface area contributed by atoms with Gasteiger partial charge in [-0.3, -0.25) is 9.78 Å². The fourth-order valence-electron chi connectivity index (χ4n) is 3.19. The first-order valence-electron chi connectivity index (χ1n) is 8.95. The molecule has 4 rings (SSSR count). The fourth-order valence-corrected chi connectivity index (χ4v) is 3.40. The normalized spacial score (nSPS) is 12.1. The van der Waals surface area contributed by atoms with Gasteiger partial charge in [-0.25, -0.2) is 14.4 Å². The summed E-state index contributed by atoms with van der Waals surface area (Å²) >= 11 is 5.94. The van der Waals surface area contributed by atoms with Gasteiger partial charge in [0.2, 0.25) is 5.95 Å². The summed E-state index contributed by atoms with van der Waals surface area (Å²) in [7, 11) is 0. The van der Waals surface area contributed by atoms with Crippen LogP contribution >= 0.6 is 11.6 Å². The molecule has 8 heteroatoms. The van der Waals surface area contributed by atoms with Gasteiger partial charge < -0.3 is 10.3 Å². The number of benzene rings is 1. The van der Waals surface area contributed by atoms with Gasteiger partial charge in [-0.2, -0.15) is 0 Å². The van der Waals surface area contributed by atoms with Crippen LogP contribution in [0.15, 0.2) is 53.7 Å². The van der Waals surface area contributed by atoms with Crippen LogP contribution in [0.25, 0.3) is 22.2 Å². The molecule has 4 aromatic rings. The van der Waals surface area contributed by atoms with E-state index >= 15 is 0 Å². The molecule has 2 N–H and O–H groups in total. The molecule has 3 heterocycles. The van der Waals surface area contributed by atoms with Gasteiger partial charge in [0.15, 0.2) is 0 Å². The van der Waals surface area contributed by atoms with Crippen molar-refractivity contribution in [3.63, 3.8) is 0 Å². The number of aromatic amines is 1. The zero-order valence-electron chi connectivity index (χ0n) is 15.7. The Kier molecular flexibility index (Phi) is 4.98. The number of H-pyrrole nitrogens is 1. The highest BCUT2D eigenvalue weighted by Crippen LogP contribution is 2.25. The van der Waals surface area contributed by atoms with Crippen molar-refractivity contribution in [3.8, 4) is 11.3 Å². The lowest BCUT2D eigenvalue weighted by Gasteiger charge is -2.15. The maximum atomic E-state index is 14.1. The van der Waals surface area contributed by atoms with E-state index in [0.29, 0.717) is 16.9 Å². The van der Waals surface area contributed by atoms with Crippen LogP contribution in [0.2, 0.25) is 5.02 Å². The summed E-state index contributed by atoms with van der Waals surface area (Å²) < 4.78 is 14.1. The Morgan fingerprint density at radius 1 is 1.21 bits per heavy atom. The lowest BCUT2D eigenvalue weighted by Crippen LogP contribution is -2.20. The van der Waals surface area contributed by atoms with Crippen LogP contribution in [0.1, 0.15) is 24.1 Å². The average molecular weight is 410 g/mol. The molecule has 0 unspecified atom stereocenters. The third-order valence-corrected chi connectivity index (χ3v) is 4.88. The topological polar surface area (TPSA) is 83.6 Å². The monoisotopic (exact) mass is 409 g/mol. The summed E-state index contributed by atoms with van der Waals surface area (Å²) in [4.78, 5) is 28.0. The maximum absolute atomic E-state index is 14.1. The summed E-state index contributed by atoms with van der Waals surface area (Å²) in [5.41, 5.74) is 2.85. The first kappa shape index (κ1) is 19.0. The Morgan fingerprint density at radius 2 is 2.03 bits per heavy atom. The van der Waals surface area contributed by atoms with Crippen LogP contribution in [0.3, 0.4) is 0 Å². The zero-order valence-corrected chi connectivity index (χ0v) is 16.5. The summed E-state index contributed by atoms with van der Waals surface area (Å²) in [6.07, 6.45) is 5.13. The van der Waals surface area contributed by atoms with Crippen molar-refractivity contribution in [1.29, 1.82) is 0 Å². The molecule has 29 heavy (non-hydrogen) atoms. The summed E-state index contributed by atoms with van der Waals surface area (Å²) in [5.74, 6) is -0.191. The van der Waals surface area contributed by atoms with E-state index in [9.17, 15) is 9.18 Å². The minimum absolute atomic E-state index is 0.127. The molecule has 0 saturated carbocycles. The molecule has 0 aliphatic heterocycles. The quantitative estimate of drug-likeness (QED) is 0.512. The zero-order chi connectivity index (χ0) is 20.5. The van der Waals surface area contributed by atoms with Gasteiger partial charge in [0.25, 0.3) is 5.56 Å². The molecule has 0 radical (unpaired) electrons.